The van der Waals surface area contributed by atoms with Gasteiger partial charge in [-0.15, -0.1) is 6.42 Å². The molecule has 0 spiro atoms. The average Bonchev–Trinajstić information content (AvgIpc) is 3.30. The van der Waals surface area contributed by atoms with Crippen LogP contribution in [0, 0.1) is 25.3 Å². The Morgan fingerprint density at radius 3 is 1.33 bits per heavy atom. The molecule has 0 saturated carbocycles. The fraction of sp³-hybridized carbons (Fsp3) is 0.458. The van der Waals surface area contributed by atoms with Crippen LogP contribution in [-0.2, 0) is 20.8 Å². The van der Waals surface area contributed by atoms with Crippen molar-refractivity contribution >= 4 is 17.0 Å². The third kappa shape index (κ3) is 6.19. The summed E-state index contributed by atoms with van der Waals surface area (Å²) in [6, 6.07) is 0. The Labute approximate surface area is 186 Å². The molecule has 0 radical (unpaired) electrons. The van der Waals surface area contributed by atoms with Crippen molar-refractivity contribution < 1.29 is 20.8 Å². The summed E-state index contributed by atoms with van der Waals surface area (Å²) in [5, 5.41) is 0. The number of hydrogen-bond donors (Lipinski definition) is 0. The summed E-state index contributed by atoms with van der Waals surface area (Å²) in [6.07, 6.45) is 10.0. The second kappa shape index (κ2) is 12.5. The van der Waals surface area contributed by atoms with Gasteiger partial charge < -0.3 is 7.43 Å². The molecular formula is C24H34Cl2Zr. The fourth-order valence-electron chi connectivity index (χ4n) is 3.94. The van der Waals surface area contributed by atoms with E-state index in [0.29, 0.717) is 11.8 Å². The Kier molecular flexibility index (Phi) is 12.4. The summed E-state index contributed by atoms with van der Waals surface area (Å²) >= 11 is -0.826. The predicted octanol–water partition coefficient (Wildman–Crippen LogP) is 8.72. The van der Waals surface area contributed by atoms with Crippen molar-refractivity contribution in [3.63, 3.8) is 0 Å². The fourth-order valence-corrected chi connectivity index (χ4v) is 3.94. The van der Waals surface area contributed by atoms with Crippen molar-refractivity contribution in [3.8, 4) is 0 Å². The molecule has 27 heavy (non-hydrogen) atoms. The van der Waals surface area contributed by atoms with E-state index in [1.807, 2.05) is 12.2 Å². The molecule has 0 nitrogen and oxygen atoms in total. The molecule has 0 aromatic rings. The maximum absolute atomic E-state index is 4.93. The van der Waals surface area contributed by atoms with Crippen LogP contribution in [0.5, 0.6) is 0 Å². The van der Waals surface area contributed by atoms with E-state index in [4.69, 9.17) is 17.0 Å². The Morgan fingerprint density at radius 1 is 0.815 bits per heavy atom. The van der Waals surface area contributed by atoms with Crippen molar-refractivity contribution in [2.24, 2.45) is 11.8 Å². The summed E-state index contributed by atoms with van der Waals surface area (Å²) in [7, 11) is 9.87. The van der Waals surface area contributed by atoms with Crippen LogP contribution in [0.3, 0.4) is 0 Å². The molecule has 0 aromatic carbocycles. The van der Waals surface area contributed by atoms with Crippen LogP contribution in [0.15, 0.2) is 62.8 Å². The van der Waals surface area contributed by atoms with Crippen LogP contribution < -0.4 is 0 Å². The first-order valence-electron chi connectivity index (χ1n) is 9.15. The summed E-state index contributed by atoms with van der Waals surface area (Å²) in [5.74, 6) is 1.19. The summed E-state index contributed by atoms with van der Waals surface area (Å²) < 4.78 is 0. The molecule has 2 unspecified atom stereocenters. The predicted molar refractivity (Wildman–Crippen MR) is 120 cm³/mol. The zero-order valence-electron chi connectivity index (χ0n) is 18.3. The molecule has 2 atom stereocenters. The molecule has 148 valence electrons. The van der Waals surface area contributed by atoms with E-state index in [9.17, 15) is 0 Å². The van der Waals surface area contributed by atoms with Crippen molar-refractivity contribution in [1.82, 2.24) is 0 Å². The summed E-state index contributed by atoms with van der Waals surface area (Å²) in [4.78, 5) is 0. The monoisotopic (exact) mass is 482 g/mol. The van der Waals surface area contributed by atoms with Crippen LogP contribution >= 0.6 is 17.0 Å². The zero-order chi connectivity index (χ0) is 20.0. The number of allylic oxidation sites excluding steroid dienone is 12. The molecule has 0 aromatic heterocycles. The van der Waals surface area contributed by atoms with E-state index in [-0.39, 0.29) is 7.43 Å². The number of rotatable bonds is 1. The van der Waals surface area contributed by atoms with Gasteiger partial charge in [-0.3, -0.25) is 6.08 Å². The Hall–Kier alpha value is -0.0969. The molecule has 3 rings (SSSR count). The number of halogens is 2. The Morgan fingerprint density at radius 2 is 1.19 bits per heavy atom. The van der Waals surface area contributed by atoms with Gasteiger partial charge in [-0.1, -0.05) is 25.0 Å². The average molecular weight is 485 g/mol. The standard InChI is InChI=1S/C18H26.C5H5.CH3.2ClH.Zr/c1-9-10(2)14(6)17(13(9)5)18-15(7)11(3)12(4)16(18)8;1-2-4-5-3-1;;;;/h13,15H,1-8H3;1-3H,4H2;1H3;2*1H;/q;2*-1;;;+4/p-2. The van der Waals surface area contributed by atoms with Crippen LogP contribution in [0.2, 0.25) is 0 Å². The molecule has 3 aliphatic carbocycles. The van der Waals surface area contributed by atoms with E-state index in [1.165, 1.54) is 22.3 Å². The zero-order valence-corrected chi connectivity index (χ0v) is 22.3. The third-order valence-corrected chi connectivity index (χ3v) is 6.16. The Balaban J connectivity index is 0.000000630. The second-order valence-corrected chi connectivity index (χ2v) is 10.9. The van der Waals surface area contributed by atoms with E-state index < -0.39 is 20.8 Å². The molecule has 0 amide bonds. The molecule has 0 heterocycles. The van der Waals surface area contributed by atoms with Gasteiger partial charge in [0.25, 0.3) is 0 Å². The van der Waals surface area contributed by atoms with Gasteiger partial charge in [-0.2, -0.15) is 6.08 Å². The van der Waals surface area contributed by atoms with E-state index >= 15 is 0 Å². The van der Waals surface area contributed by atoms with Gasteiger partial charge in [0.1, 0.15) is 0 Å². The SMILES string of the molecule is CC1=C(C)C(C)C(C2=C(C)C(C)=C(C)C2C)=C1C.[C-]1=CC=CC1.[CH3-].[Cl][Zr+2][Cl]. The van der Waals surface area contributed by atoms with Gasteiger partial charge in [0.2, 0.25) is 0 Å². The first kappa shape index (κ1) is 26.9. The van der Waals surface area contributed by atoms with Gasteiger partial charge in [0.05, 0.1) is 0 Å². The molecule has 0 aliphatic heterocycles. The van der Waals surface area contributed by atoms with Crippen molar-refractivity contribution in [3.05, 3.63) is 76.3 Å². The van der Waals surface area contributed by atoms with E-state index in [0.717, 1.165) is 6.42 Å². The van der Waals surface area contributed by atoms with Crippen molar-refractivity contribution in [2.75, 3.05) is 0 Å². The van der Waals surface area contributed by atoms with Crippen LogP contribution in [0.4, 0.5) is 0 Å². The molecule has 0 fully saturated rings. The van der Waals surface area contributed by atoms with Gasteiger partial charge in [0, 0.05) is 11.8 Å². The minimum absolute atomic E-state index is 0. The van der Waals surface area contributed by atoms with Gasteiger partial charge in [0.15, 0.2) is 0 Å². The van der Waals surface area contributed by atoms with Crippen LogP contribution in [0.1, 0.15) is 61.8 Å². The molecule has 0 N–H and O–H groups in total. The normalized spacial score (nSPS) is 23.2. The molecule has 0 saturated heterocycles. The quantitative estimate of drug-likeness (QED) is 0.326. The van der Waals surface area contributed by atoms with Crippen molar-refractivity contribution in [1.29, 1.82) is 0 Å². The molecule has 3 aliphatic rings. The topological polar surface area (TPSA) is 0 Å². The molecule has 3 heteroatoms. The van der Waals surface area contributed by atoms with Gasteiger partial charge in [-0.05, 0) is 75.0 Å². The van der Waals surface area contributed by atoms with E-state index in [2.05, 4.69) is 67.5 Å². The molecular weight excluding hydrogens is 450 g/mol. The van der Waals surface area contributed by atoms with Gasteiger partial charge >= 0.3 is 37.9 Å². The molecule has 0 bridgehead atoms. The van der Waals surface area contributed by atoms with Crippen LogP contribution in [0.25, 0.3) is 0 Å². The maximum atomic E-state index is 4.93. The number of hydrogen-bond acceptors (Lipinski definition) is 0. The van der Waals surface area contributed by atoms with Crippen molar-refractivity contribution in [2.45, 2.75) is 61.8 Å². The summed E-state index contributed by atoms with van der Waals surface area (Å²) in [5.41, 5.74) is 12.4. The minimum atomic E-state index is -0.826. The first-order valence-corrected chi connectivity index (χ1v) is 15.5. The summed E-state index contributed by atoms with van der Waals surface area (Å²) in [6.45, 7) is 18.5. The Bertz CT molecular complexity index is 655. The van der Waals surface area contributed by atoms with Gasteiger partial charge in [-0.25, -0.2) is 12.2 Å². The second-order valence-electron chi connectivity index (χ2n) is 7.21. The van der Waals surface area contributed by atoms with Crippen LogP contribution in [-0.4, -0.2) is 0 Å². The third-order valence-electron chi connectivity index (χ3n) is 6.16. The van der Waals surface area contributed by atoms with E-state index in [1.54, 1.807) is 22.3 Å². The first-order chi connectivity index (χ1) is 12.2.